The Bertz CT molecular complexity index is 427. The van der Waals surface area contributed by atoms with Crippen LogP contribution in [0.25, 0.3) is 0 Å². The molecule has 0 aliphatic carbocycles. The molecular formula is C12H13NO4. The van der Waals surface area contributed by atoms with Gasteiger partial charge in [-0.25, -0.2) is 4.79 Å². The van der Waals surface area contributed by atoms with E-state index in [0.29, 0.717) is 5.75 Å². The average molecular weight is 235 g/mol. The van der Waals surface area contributed by atoms with Crippen molar-refractivity contribution in [3.05, 3.63) is 30.3 Å². The molecule has 1 rings (SSSR count). The summed E-state index contributed by atoms with van der Waals surface area (Å²) in [4.78, 5) is 33.3. The molecule has 0 unspecified atom stereocenters. The number of carbonyl (C=O) groups excluding carboxylic acids is 3. The SMILES string of the molecule is CC(=O)C(=O)N[C@@H](C)C(=O)Oc1ccccc1. The fraction of sp³-hybridized carbons (Fsp3) is 0.250. The zero-order valence-corrected chi connectivity index (χ0v) is 9.60. The number of Topliss-reactive ketones (excluding diaryl/α,β-unsaturated/α-hetero) is 1. The summed E-state index contributed by atoms with van der Waals surface area (Å²) in [6.45, 7) is 2.58. The number of rotatable bonds is 4. The second-order valence-electron chi connectivity index (χ2n) is 3.49. The van der Waals surface area contributed by atoms with Crippen LogP contribution in [0.2, 0.25) is 0 Å². The minimum absolute atomic E-state index is 0.390. The van der Waals surface area contributed by atoms with E-state index in [1.165, 1.54) is 6.92 Å². The summed E-state index contributed by atoms with van der Waals surface area (Å²) in [7, 11) is 0. The van der Waals surface area contributed by atoms with Crippen molar-refractivity contribution in [2.75, 3.05) is 0 Å². The van der Waals surface area contributed by atoms with Gasteiger partial charge >= 0.3 is 5.97 Å². The smallest absolute Gasteiger partial charge is 0.333 e. The Labute approximate surface area is 98.8 Å². The van der Waals surface area contributed by atoms with E-state index in [1.54, 1.807) is 30.3 Å². The van der Waals surface area contributed by atoms with E-state index in [1.807, 2.05) is 0 Å². The molecule has 0 heterocycles. The first-order valence-electron chi connectivity index (χ1n) is 5.09. The van der Waals surface area contributed by atoms with E-state index in [2.05, 4.69) is 5.32 Å². The number of ketones is 1. The zero-order chi connectivity index (χ0) is 12.8. The molecule has 1 aromatic carbocycles. The highest BCUT2D eigenvalue weighted by molar-refractivity contribution is 6.35. The van der Waals surface area contributed by atoms with Crippen LogP contribution in [0.1, 0.15) is 13.8 Å². The third kappa shape index (κ3) is 4.06. The first-order chi connectivity index (χ1) is 8.00. The molecule has 90 valence electrons. The van der Waals surface area contributed by atoms with Crippen molar-refractivity contribution in [2.24, 2.45) is 0 Å². The lowest BCUT2D eigenvalue weighted by molar-refractivity contribution is -0.141. The number of nitrogens with one attached hydrogen (secondary N) is 1. The van der Waals surface area contributed by atoms with Crippen molar-refractivity contribution in [1.29, 1.82) is 0 Å². The summed E-state index contributed by atoms with van der Waals surface area (Å²) in [5.74, 6) is -1.68. The molecule has 0 bridgehead atoms. The normalized spacial score (nSPS) is 11.4. The Morgan fingerprint density at radius 2 is 1.76 bits per heavy atom. The number of carbonyl (C=O) groups is 3. The summed E-state index contributed by atoms with van der Waals surface area (Å²) >= 11 is 0. The van der Waals surface area contributed by atoms with Gasteiger partial charge in [-0.15, -0.1) is 0 Å². The Morgan fingerprint density at radius 3 is 2.29 bits per heavy atom. The van der Waals surface area contributed by atoms with E-state index in [4.69, 9.17) is 4.74 Å². The average Bonchev–Trinajstić information content (AvgIpc) is 2.29. The molecular weight excluding hydrogens is 222 g/mol. The number of benzene rings is 1. The van der Waals surface area contributed by atoms with Crippen molar-refractivity contribution in [3.63, 3.8) is 0 Å². The minimum atomic E-state index is -0.869. The maximum atomic E-state index is 11.5. The number of hydrogen-bond acceptors (Lipinski definition) is 4. The summed E-state index contributed by atoms with van der Waals surface area (Å²) in [5.41, 5.74) is 0. The van der Waals surface area contributed by atoms with E-state index in [0.717, 1.165) is 6.92 Å². The van der Waals surface area contributed by atoms with Gasteiger partial charge in [0.2, 0.25) is 5.78 Å². The van der Waals surface area contributed by atoms with E-state index in [-0.39, 0.29) is 0 Å². The molecule has 0 aromatic heterocycles. The predicted molar refractivity (Wildman–Crippen MR) is 60.4 cm³/mol. The summed E-state index contributed by atoms with van der Waals surface area (Å²) in [6.07, 6.45) is 0. The van der Waals surface area contributed by atoms with Crippen molar-refractivity contribution < 1.29 is 19.1 Å². The highest BCUT2D eigenvalue weighted by Crippen LogP contribution is 2.09. The van der Waals surface area contributed by atoms with Crippen LogP contribution in [0, 0.1) is 0 Å². The van der Waals surface area contributed by atoms with Crippen LogP contribution in [-0.2, 0) is 14.4 Å². The fourth-order valence-corrected chi connectivity index (χ4v) is 1.05. The third-order valence-electron chi connectivity index (χ3n) is 1.98. The second-order valence-corrected chi connectivity index (χ2v) is 3.49. The maximum absolute atomic E-state index is 11.5. The third-order valence-corrected chi connectivity index (χ3v) is 1.98. The van der Waals surface area contributed by atoms with E-state index < -0.39 is 23.7 Å². The second kappa shape index (κ2) is 5.79. The van der Waals surface area contributed by atoms with Crippen LogP contribution >= 0.6 is 0 Å². The monoisotopic (exact) mass is 235 g/mol. The van der Waals surface area contributed by atoms with Gasteiger partial charge in [0.25, 0.3) is 5.91 Å². The Kier molecular flexibility index (Phi) is 4.39. The van der Waals surface area contributed by atoms with Crippen LogP contribution in [0.4, 0.5) is 0 Å². The standard InChI is InChI=1S/C12H13NO4/c1-8(13-11(15)9(2)14)12(16)17-10-6-4-3-5-7-10/h3-8H,1-2H3,(H,13,15)/t8-/m0/s1. The molecule has 17 heavy (non-hydrogen) atoms. The van der Waals surface area contributed by atoms with Crippen LogP contribution in [0.3, 0.4) is 0 Å². The van der Waals surface area contributed by atoms with Crippen molar-refractivity contribution in [3.8, 4) is 5.75 Å². The number of hydrogen-bond donors (Lipinski definition) is 1. The first-order valence-corrected chi connectivity index (χ1v) is 5.09. The van der Waals surface area contributed by atoms with Crippen LogP contribution in [-0.4, -0.2) is 23.7 Å². The largest absolute Gasteiger partial charge is 0.425 e. The van der Waals surface area contributed by atoms with Crippen molar-refractivity contribution >= 4 is 17.7 Å². The highest BCUT2D eigenvalue weighted by Gasteiger charge is 2.19. The molecule has 1 aromatic rings. The lowest BCUT2D eigenvalue weighted by Crippen LogP contribution is -2.43. The van der Waals surface area contributed by atoms with Gasteiger partial charge in [-0.1, -0.05) is 18.2 Å². The van der Waals surface area contributed by atoms with Gasteiger partial charge in [-0.2, -0.15) is 0 Å². The van der Waals surface area contributed by atoms with Gasteiger partial charge in [0.05, 0.1) is 0 Å². The number of amides is 1. The van der Waals surface area contributed by atoms with E-state index >= 15 is 0 Å². The molecule has 1 N–H and O–H groups in total. The van der Waals surface area contributed by atoms with Gasteiger partial charge in [0.1, 0.15) is 11.8 Å². The molecule has 0 spiro atoms. The molecule has 5 heteroatoms. The fourth-order valence-electron chi connectivity index (χ4n) is 1.05. The quantitative estimate of drug-likeness (QED) is 0.473. The van der Waals surface area contributed by atoms with Crippen LogP contribution in [0.15, 0.2) is 30.3 Å². The highest BCUT2D eigenvalue weighted by atomic mass is 16.5. The van der Waals surface area contributed by atoms with Crippen LogP contribution < -0.4 is 10.1 Å². The van der Waals surface area contributed by atoms with Gasteiger partial charge in [-0.3, -0.25) is 9.59 Å². The molecule has 0 saturated heterocycles. The number of esters is 1. The lowest BCUT2D eigenvalue weighted by Gasteiger charge is -2.11. The van der Waals surface area contributed by atoms with Crippen molar-refractivity contribution in [1.82, 2.24) is 5.32 Å². The molecule has 0 fully saturated rings. The summed E-state index contributed by atoms with van der Waals surface area (Å²) in [6, 6.07) is 7.61. The van der Waals surface area contributed by atoms with Crippen LogP contribution in [0.5, 0.6) is 5.75 Å². The van der Waals surface area contributed by atoms with Gasteiger partial charge in [0.15, 0.2) is 0 Å². The predicted octanol–water partition coefficient (Wildman–Crippen LogP) is 0.686. The van der Waals surface area contributed by atoms with Gasteiger partial charge in [-0.05, 0) is 19.1 Å². The Balaban J connectivity index is 2.53. The number of para-hydroxylation sites is 1. The van der Waals surface area contributed by atoms with Gasteiger partial charge in [0, 0.05) is 6.92 Å². The molecule has 0 aliphatic heterocycles. The summed E-state index contributed by atoms with van der Waals surface area (Å²) in [5, 5.41) is 2.24. The molecule has 0 radical (unpaired) electrons. The maximum Gasteiger partial charge on any atom is 0.333 e. The minimum Gasteiger partial charge on any atom is -0.425 e. The number of ether oxygens (including phenoxy) is 1. The molecule has 0 saturated carbocycles. The molecule has 0 aliphatic rings. The van der Waals surface area contributed by atoms with E-state index in [9.17, 15) is 14.4 Å². The molecule has 1 atom stereocenters. The van der Waals surface area contributed by atoms with Crippen molar-refractivity contribution in [2.45, 2.75) is 19.9 Å². The Hall–Kier alpha value is -2.17. The molecule has 1 amide bonds. The Morgan fingerprint density at radius 1 is 1.18 bits per heavy atom. The summed E-state index contributed by atoms with van der Waals surface area (Å²) < 4.78 is 4.99. The topological polar surface area (TPSA) is 72.5 Å². The lowest BCUT2D eigenvalue weighted by atomic mass is 10.3. The van der Waals surface area contributed by atoms with Gasteiger partial charge < -0.3 is 10.1 Å². The molecule has 5 nitrogen and oxygen atoms in total. The zero-order valence-electron chi connectivity index (χ0n) is 9.60. The first kappa shape index (κ1) is 12.9.